The predicted octanol–water partition coefficient (Wildman–Crippen LogP) is 2.14. The van der Waals surface area contributed by atoms with Crippen LogP contribution in [0.1, 0.15) is 19.8 Å². The van der Waals surface area contributed by atoms with Crippen molar-refractivity contribution < 1.29 is 13.2 Å². The molecule has 4 heteroatoms. The van der Waals surface area contributed by atoms with Gasteiger partial charge in [0.15, 0.2) is 15.6 Å². The van der Waals surface area contributed by atoms with E-state index in [0.29, 0.717) is 23.3 Å². The fourth-order valence-corrected chi connectivity index (χ4v) is 3.52. The summed E-state index contributed by atoms with van der Waals surface area (Å²) < 4.78 is 24.2. The molecule has 0 bridgehead atoms. The summed E-state index contributed by atoms with van der Waals surface area (Å²) in [5.74, 6) is 0.0393. The van der Waals surface area contributed by atoms with Gasteiger partial charge in [-0.05, 0) is 36.6 Å². The van der Waals surface area contributed by atoms with Crippen LogP contribution in [-0.2, 0) is 14.6 Å². The highest BCUT2D eigenvalue weighted by atomic mass is 32.2. The zero-order chi connectivity index (χ0) is 12.5. The number of allylic oxidation sites excluding steroid dienone is 1. The quantitative estimate of drug-likeness (QED) is 0.825. The van der Waals surface area contributed by atoms with Gasteiger partial charge >= 0.3 is 0 Å². The van der Waals surface area contributed by atoms with Crippen molar-refractivity contribution in [3.63, 3.8) is 0 Å². The van der Waals surface area contributed by atoms with E-state index in [0.717, 1.165) is 5.57 Å². The molecule has 1 aromatic rings. The van der Waals surface area contributed by atoms with Crippen molar-refractivity contribution in [1.82, 2.24) is 0 Å². The molecule has 0 saturated carbocycles. The Labute approximate surface area is 101 Å². The summed E-state index contributed by atoms with van der Waals surface area (Å²) in [7, 11) is -3.31. The molecule has 0 atom stereocenters. The normalized spacial score (nSPS) is 16.6. The van der Waals surface area contributed by atoms with Crippen molar-refractivity contribution in [2.75, 3.05) is 5.75 Å². The fourth-order valence-electron chi connectivity index (χ4n) is 1.96. The monoisotopic (exact) mass is 250 g/mol. The maximum Gasteiger partial charge on any atom is 0.182 e. The molecule has 0 unspecified atom stereocenters. The topological polar surface area (TPSA) is 51.2 Å². The van der Waals surface area contributed by atoms with E-state index in [1.54, 1.807) is 37.3 Å². The lowest BCUT2D eigenvalue weighted by atomic mass is 10.2. The predicted molar refractivity (Wildman–Crippen MR) is 65.4 cm³/mol. The Morgan fingerprint density at radius 3 is 2.29 bits per heavy atom. The summed E-state index contributed by atoms with van der Waals surface area (Å²) in [6.07, 6.45) is 1.03. The van der Waals surface area contributed by atoms with Gasteiger partial charge in [-0.3, -0.25) is 4.79 Å². The minimum Gasteiger partial charge on any atom is -0.295 e. The molecule has 0 heterocycles. The second-order valence-corrected chi connectivity index (χ2v) is 6.21. The van der Waals surface area contributed by atoms with Gasteiger partial charge in [0.05, 0.1) is 10.6 Å². The van der Waals surface area contributed by atoms with Gasteiger partial charge in [0, 0.05) is 6.42 Å². The molecule has 0 radical (unpaired) electrons. The first-order valence-corrected chi connectivity index (χ1v) is 7.15. The zero-order valence-electron chi connectivity index (χ0n) is 9.64. The van der Waals surface area contributed by atoms with Gasteiger partial charge in [0.2, 0.25) is 0 Å². The first-order chi connectivity index (χ1) is 8.00. The highest BCUT2D eigenvalue weighted by Gasteiger charge is 2.24. The molecule has 1 aliphatic rings. The number of rotatable bonds is 3. The molecule has 0 saturated heterocycles. The van der Waals surface area contributed by atoms with Crippen molar-refractivity contribution in [3.8, 4) is 0 Å². The highest BCUT2D eigenvalue weighted by molar-refractivity contribution is 7.91. The smallest absolute Gasteiger partial charge is 0.182 e. The van der Waals surface area contributed by atoms with Crippen LogP contribution in [0.5, 0.6) is 0 Å². The number of Topliss-reactive ketones (excluding diaryl/α,β-unsaturated/α-hetero) is 1. The van der Waals surface area contributed by atoms with Gasteiger partial charge in [-0.15, -0.1) is 0 Å². The van der Waals surface area contributed by atoms with Crippen molar-refractivity contribution in [2.45, 2.75) is 24.7 Å². The standard InChI is InChI=1S/C13H14O3S/c1-10-11(7-8-13(10)14)9-17(15,16)12-5-3-2-4-6-12/h2-6H,7-9H2,1H3. The highest BCUT2D eigenvalue weighted by Crippen LogP contribution is 2.25. The molecule has 1 aliphatic carbocycles. The van der Waals surface area contributed by atoms with Crippen molar-refractivity contribution in [2.24, 2.45) is 0 Å². The van der Waals surface area contributed by atoms with E-state index in [1.165, 1.54) is 0 Å². The van der Waals surface area contributed by atoms with Gasteiger partial charge < -0.3 is 0 Å². The fraction of sp³-hybridized carbons (Fsp3) is 0.308. The Morgan fingerprint density at radius 1 is 1.12 bits per heavy atom. The van der Waals surface area contributed by atoms with E-state index in [2.05, 4.69) is 0 Å². The molecule has 17 heavy (non-hydrogen) atoms. The first-order valence-electron chi connectivity index (χ1n) is 5.50. The zero-order valence-corrected chi connectivity index (χ0v) is 10.5. The number of carbonyl (C=O) groups excluding carboxylic acids is 1. The summed E-state index contributed by atoms with van der Waals surface area (Å²) in [6, 6.07) is 8.36. The van der Waals surface area contributed by atoms with E-state index < -0.39 is 9.84 Å². The summed E-state index contributed by atoms with van der Waals surface area (Å²) in [6.45, 7) is 1.71. The number of sulfone groups is 1. The maximum atomic E-state index is 12.1. The van der Waals surface area contributed by atoms with Gasteiger partial charge in [-0.2, -0.15) is 0 Å². The van der Waals surface area contributed by atoms with Crippen molar-refractivity contribution in [3.05, 3.63) is 41.5 Å². The van der Waals surface area contributed by atoms with Gasteiger partial charge in [0.25, 0.3) is 0 Å². The largest absolute Gasteiger partial charge is 0.295 e. The van der Waals surface area contributed by atoms with E-state index in [4.69, 9.17) is 0 Å². The molecule has 90 valence electrons. The van der Waals surface area contributed by atoms with Crippen LogP contribution < -0.4 is 0 Å². The van der Waals surface area contributed by atoms with Crippen LogP contribution in [0, 0.1) is 0 Å². The first kappa shape index (κ1) is 12.0. The van der Waals surface area contributed by atoms with Gasteiger partial charge in [-0.25, -0.2) is 8.42 Å². The SMILES string of the molecule is CC1=C(CS(=O)(=O)c2ccccc2)CCC1=O. The van der Waals surface area contributed by atoms with Crippen LogP contribution in [0.25, 0.3) is 0 Å². The molecule has 0 N–H and O–H groups in total. The minimum absolute atomic E-state index is 0.0331. The van der Waals surface area contributed by atoms with Crippen LogP contribution in [0.4, 0.5) is 0 Å². The Bertz CT molecular complexity index is 568. The Hall–Kier alpha value is -1.42. The molecule has 0 aliphatic heterocycles. The average Bonchev–Trinajstić information content (AvgIpc) is 2.62. The molecule has 0 spiro atoms. The molecule has 0 fully saturated rings. The third kappa shape index (κ3) is 2.47. The molecular formula is C13H14O3S. The Kier molecular flexibility index (Phi) is 3.15. The summed E-state index contributed by atoms with van der Waals surface area (Å²) in [5, 5.41) is 0. The van der Waals surface area contributed by atoms with E-state index in [9.17, 15) is 13.2 Å². The van der Waals surface area contributed by atoms with Gasteiger partial charge in [0.1, 0.15) is 0 Å². The molecular weight excluding hydrogens is 236 g/mol. The maximum absolute atomic E-state index is 12.1. The summed E-state index contributed by atoms with van der Waals surface area (Å²) in [4.78, 5) is 11.7. The molecule has 1 aromatic carbocycles. The molecule has 2 rings (SSSR count). The van der Waals surface area contributed by atoms with Crippen LogP contribution in [0.3, 0.4) is 0 Å². The van der Waals surface area contributed by atoms with Crippen LogP contribution in [-0.4, -0.2) is 20.0 Å². The number of benzene rings is 1. The summed E-state index contributed by atoms with van der Waals surface area (Å²) >= 11 is 0. The third-order valence-corrected chi connectivity index (χ3v) is 4.79. The lowest BCUT2D eigenvalue weighted by Crippen LogP contribution is -2.09. The van der Waals surface area contributed by atoms with E-state index in [1.807, 2.05) is 0 Å². The van der Waals surface area contributed by atoms with E-state index in [-0.39, 0.29) is 11.5 Å². The lowest BCUT2D eigenvalue weighted by Gasteiger charge is -2.05. The third-order valence-electron chi connectivity index (χ3n) is 3.07. The van der Waals surface area contributed by atoms with Crippen molar-refractivity contribution in [1.29, 1.82) is 0 Å². The number of hydrogen-bond donors (Lipinski definition) is 0. The Morgan fingerprint density at radius 2 is 1.76 bits per heavy atom. The second kappa shape index (κ2) is 4.45. The summed E-state index contributed by atoms with van der Waals surface area (Å²) in [5.41, 5.74) is 1.39. The van der Waals surface area contributed by atoms with Crippen LogP contribution >= 0.6 is 0 Å². The minimum atomic E-state index is -3.31. The number of ketones is 1. The second-order valence-electron chi connectivity index (χ2n) is 4.22. The lowest BCUT2D eigenvalue weighted by molar-refractivity contribution is -0.114. The molecule has 3 nitrogen and oxygen atoms in total. The molecule has 0 aromatic heterocycles. The average molecular weight is 250 g/mol. The van der Waals surface area contributed by atoms with Crippen LogP contribution in [0.15, 0.2) is 46.4 Å². The van der Waals surface area contributed by atoms with Crippen LogP contribution in [0.2, 0.25) is 0 Å². The Balaban J connectivity index is 2.29. The number of carbonyl (C=O) groups is 1. The number of hydrogen-bond acceptors (Lipinski definition) is 3. The van der Waals surface area contributed by atoms with Crippen molar-refractivity contribution >= 4 is 15.6 Å². The van der Waals surface area contributed by atoms with E-state index >= 15 is 0 Å². The van der Waals surface area contributed by atoms with Gasteiger partial charge in [-0.1, -0.05) is 18.2 Å². The molecule has 0 amide bonds.